The molecule has 4 heteroatoms. The third kappa shape index (κ3) is 1.29. The Morgan fingerprint density at radius 2 is 2.00 bits per heavy atom. The summed E-state index contributed by atoms with van der Waals surface area (Å²) in [5, 5.41) is 0. The minimum Gasteiger partial charge on any atom is -0.307 e. The highest BCUT2D eigenvalue weighted by Crippen LogP contribution is 2.24. The van der Waals surface area contributed by atoms with E-state index in [1.807, 2.05) is 6.92 Å². The summed E-state index contributed by atoms with van der Waals surface area (Å²) in [7, 11) is 2.95. The van der Waals surface area contributed by atoms with Gasteiger partial charge in [-0.3, -0.25) is 4.74 Å². The van der Waals surface area contributed by atoms with Crippen molar-refractivity contribution in [3.05, 3.63) is 0 Å². The molecule has 0 spiro atoms. The van der Waals surface area contributed by atoms with E-state index in [9.17, 15) is 0 Å². The van der Waals surface area contributed by atoms with Crippen LogP contribution in [-0.2, 0) is 18.9 Å². The Bertz CT molecular complexity index is 110. The van der Waals surface area contributed by atoms with E-state index in [-0.39, 0.29) is 6.10 Å². The lowest BCUT2D eigenvalue weighted by Gasteiger charge is -2.21. The van der Waals surface area contributed by atoms with Crippen LogP contribution in [-0.4, -0.2) is 33.1 Å². The maximum Gasteiger partial charge on any atom is 0.412 e. The molecule has 1 aliphatic heterocycles. The summed E-state index contributed by atoms with van der Waals surface area (Å²) in [6, 6.07) is 0. The van der Waals surface area contributed by atoms with E-state index in [1.54, 1.807) is 0 Å². The Morgan fingerprint density at radius 1 is 1.40 bits per heavy atom. The molecule has 1 unspecified atom stereocenters. The summed E-state index contributed by atoms with van der Waals surface area (Å²) in [5.41, 5.74) is 0. The molecule has 4 nitrogen and oxygen atoms in total. The molecule has 0 N–H and O–H groups in total. The summed E-state index contributed by atoms with van der Waals surface area (Å²) in [6.45, 7) is 2.39. The normalized spacial score (nSPS) is 30.9. The lowest BCUT2D eigenvalue weighted by molar-refractivity contribution is -0.451. The molecule has 0 aromatic carbocycles. The topological polar surface area (TPSA) is 36.9 Å². The summed E-state index contributed by atoms with van der Waals surface area (Å²) in [4.78, 5) is 0. The molecule has 0 amide bonds. The zero-order valence-corrected chi connectivity index (χ0v) is 6.42. The average Bonchev–Trinajstić information content (AvgIpc) is 2.33. The van der Waals surface area contributed by atoms with Crippen molar-refractivity contribution in [1.29, 1.82) is 0 Å². The molecule has 0 saturated carbocycles. The molecule has 1 atom stereocenters. The van der Waals surface area contributed by atoms with Crippen molar-refractivity contribution in [1.82, 2.24) is 0 Å². The van der Waals surface area contributed by atoms with Crippen LogP contribution in [0, 0.1) is 0 Å². The molecule has 0 radical (unpaired) electrons. The SMILES string of the molecule is COC1(OC)OCC(C)O1. The van der Waals surface area contributed by atoms with Crippen LogP contribution >= 0.6 is 0 Å². The molecular weight excluding hydrogens is 136 g/mol. The first-order valence-corrected chi connectivity index (χ1v) is 3.14. The summed E-state index contributed by atoms with van der Waals surface area (Å²) >= 11 is 0. The third-order valence-electron chi connectivity index (χ3n) is 1.34. The summed E-state index contributed by atoms with van der Waals surface area (Å²) in [6.07, 6.45) is -1.22. The van der Waals surface area contributed by atoms with Gasteiger partial charge in [0.2, 0.25) is 0 Å². The lowest BCUT2D eigenvalue weighted by atomic mass is 10.5. The summed E-state index contributed by atoms with van der Waals surface area (Å²) in [5.74, 6) is 0. The molecule has 0 aromatic rings. The number of methoxy groups -OCH3 is 2. The van der Waals surface area contributed by atoms with Crippen LogP contribution < -0.4 is 0 Å². The van der Waals surface area contributed by atoms with Gasteiger partial charge < -0.3 is 14.2 Å². The molecular formula is C6H12O4. The van der Waals surface area contributed by atoms with Crippen molar-refractivity contribution < 1.29 is 18.9 Å². The van der Waals surface area contributed by atoms with Gasteiger partial charge in [0.1, 0.15) is 0 Å². The zero-order chi connectivity index (χ0) is 7.61. The molecule has 60 valence electrons. The maximum absolute atomic E-state index is 5.18. The highest BCUT2D eigenvalue weighted by atomic mass is 17.0. The fourth-order valence-electron chi connectivity index (χ4n) is 0.831. The summed E-state index contributed by atoms with van der Waals surface area (Å²) < 4.78 is 20.0. The monoisotopic (exact) mass is 148 g/mol. The minimum absolute atomic E-state index is 0.0277. The van der Waals surface area contributed by atoms with E-state index in [0.29, 0.717) is 6.61 Å². The Labute approximate surface area is 60.0 Å². The average molecular weight is 148 g/mol. The van der Waals surface area contributed by atoms with Gasteiger partial charge in [0.15, 0.2) is 0 Å². The Balaban J connectivity index is 2.51. The van der Waals surface area contributed by atoms with Crippen molar-refractivity contribution in [3.63, 3.8) is 0 Å². The first-order valence-electron chi connectivity index (χ1n) is 3.14. The molecule has 1 aliphatic rings. The molecule has 1 rings (SSSR count). The number of ether oxygens (including phenoxy) is 4. The van der Waals surface area contributed by atoms with Crippen LogP contribution in [0.2, 0.25) is 0 Å². The van der Waals surface area contributed by atoms with E-state index in [0.717, 1.165) is 0 Å². The lowest BCUT2D eigenvalue weighted by Crippen LogP contribution is -2.35. The first kappa shape index (κ1) is 7.94. The van der Waals surface area contributed by atoms with Gasteiger partial charge in [0.25, 0.3) is 0 Å². The second-order valence-electron chi connectivity index (χ2n) is 2.15. The van der Waals surface area contributed by atoms with Gasteiger partial charge in [-0.1, -0.05) is 0 Å². The van der Waals surface area contributed by atoms with Crippen LogP contribution in [0.4, 0.5) is 0 Å². The van der Waals surface area contributed by atoms with Gasteiger partial charge in [-0.05, 0) is 6.92 Å². The van der Waals surface area contributed by atoms with E-state index >= 15 is 0 Å². The standard InChI is InChI=1S/C6H12O4/c1-5-4-9-6(7-2,8-3)10-5/h5H,4H2,1-3H3. The zero-order valence-electron chi connectivity index (χ0n) is 6.42. The molecule has 0 aromatic heterocycles. The largest absolute Gasteiger partial charge is 0.412 e. The van der Waals surface area contributed by atoms with Crippen LogP contribution in [0.5, 0.6) is 0 Å². The van der Waals surface area contributed by atoms with Crippen molar-refractivity contribution in [2.75, 3.05) is 20.8 Å². The Morgan fingerprint density at radius 3 is 2.20 bits per heavy atom. The second-order valence-corrected chi connectivity index (χ2v) is 2.15. The first-order chi connectivity index (χ1) is 4.72. The molecule has 0 bridgehead atoms. The maximum atomic E-state index is 5.18. The Kier molecular flexibility index (Phi) is 2.25. The smallest absolute Gasteiger partial charge is 0.307 e. The number of hydrogen-bond acceptors (Lipinski definition) is 4. The van der Waals surface area contributed by atoms with E-state index in [2.05, 4.69) is 0 Å². The van der Waals surface area contributed by atoms with Crippen LogP contribution in [0.15, 0.2) is 0 Å². The van der Waals surface area contributed by atoms with Gasteiger partial charge in [-0.2, -0.15) is 0 Å². The van der Waals surface area contributed by atoms with Crippen molar-refractivity contribution in [2.45, 2.75) is 19.2 Å². The predicted octanol–water partition coefficient (Wildman–Crippen LogP) is 0.326. The van der Waals surface area contributed by atoms with Gasteiger partial charge in [-0.15, -0.1) is 0 Å². The van der Waals surface area contributed by atoms with E-state index in [1.165, 1.54) is 14.2 Å². The Hall–Kier alpha value is -0.160. The molecule has 1 fully saturated rings. The molecule has 1 heterocycles. The van der Waals surface area contributed by atoms with Gasteiger partial charge in [0.05, 0.1) is 12.7 Å². The second kappa shape index (κ2) is 2.84. The molecule has 10 heavy (non-hydrogen) atoms. The van der Waals surface area contributed by atoms with Crippen LogP contribution in [0.3, 0.4) is 0 Å². The number of hydrogen-bond donors (Lipinski definition) is 0. The van der Waals surface area contributed by atoms with Crippen molar-refractivity contribution in [3.8, 4) is 0 Å². The van der Waals surface area contributed by atoms with E-state index < -0.39 is 6.16 Å². The highest BCUT2D eigenvalue weighted by molar-refractivity contribution is 4.58. The van der Waals surface area contributed by atoms with E-state index in [4.69, 9.17) is 18.9 Å². The van der Waals surface area contributed by atoms with Crippen molar-refractivity contribution in [2.24, 2.45) is 0 Å². The third-order valence-corrected chi connectivity index (χ3v) is 1.34. The highest BCUT2D eigenvalue weighted by Gasteiger charge is 2.41. The van der Waals surface area contributed by atoms with Crippen LogP contribution in [0.25, 0.3) is 0 Å². The van der Waals surface area contributed by atoms with Crippen LogP contribution in [0.1, 0.15) is 6.92 Å². The van der Waals surface area contributed by atoms with Crippen molar-refractivity contribution >= 4 is 0 Å². The minimum atomic E-state index is -1.25. The van der Waals surface area contributed by atoms with Gasteiger partial charge in [-0.25, -0.2) is 0 Å². The fraction of sp³-hybridized carbons (Fsp3) is 1.00. The molecule has 0 aliphatic carbocycles. The quantitative estimate of drug-likeness (QED) is 0.529. The predicted molar refractivity (Wildman–Crippen MR) is 33.2 cm³/mol. The molecule has 1 saturated heterocycles. The number of rotatable bonds is 2. The van der Waals surface area contributed by atoms with Gasteiger partial charge >= 0.3 is 6.16 Å². The fourth-order valence-corrected chi connectivity index (χ4v) is 0.831. The van der Waals surface area contributed by atoms with Gasteiger partial charge in [0, 0.05) is 14.2 Å².